The van der Waals surface area contributed by atoms with Crippen LogP contribution in [0.25, 0.3) is 56.0 Å². The third kappa shape index (κ3) is 5.76. The first-order valence-corrected chi connectivity index (χ1v) is 27.6. The van der Waals surface area contributed by atoms with Crippen molar-refractivity contribution in [3.8, 4) is 22.3 Å². The molecule has 4 unspecified atom stereocenters. The molecule has 0 N–H and O–H groups in total. The molecule has 1 saturated heterocycles. The van der Waals surface area contributed by atoms with Crippen molar-refractivity contribution in [1.29, 1.82) is 0 Å². The van der Waals surface area contributed by atoms with E-state index in [1.165, 1.54) is 121 Å². The minimum absolute atomic E-state index is 0. The van der Waals surface area contributed by atoms with E-state index in [0.717, 1.165) is 19.1 Å². The van der Waals surface area contributed by atoms with Gasteiger partial charge in [0.15, 0.2) is 0 Å². The zero-order valence-corrected chi connectivity index (χ0v) is 36.9. The van der Waals surface area contributed by atoms with Crippen LogP contribution in [0.3, 0.4) is 0 Å². The van der Waals surface area contributed by atoms with Crippen LogP contribution in [0.15, 0.2) is 132 Å². The molecule has 0 aromatic heterocycles. The van der Waals surface area contributed by atoms with Crippen molar-refractivity contribution in [2.24, 2.45) is 11.8 Å². The van der Waals surface area contributed by atoms with Gasteiger partial charge in [-0.3, -0.25) is 0 Å². The van der Waals surface area contributed by atoms with Gasteiger partial charge >= 0.3 is 334 Å². The van der Waals surface area contributed by atoms with Crippen molar-refractivity contribution in [3.05, 3.63) is 155 Å². The van der Waals surface area contributed by atoms with E-state index in [2.05, 4.69) is 133 Å². The number of benzene rings is 6. The molecule has 4 atom stereocenters. The van der Waals surface area contributed by atoms with E-state index in [0.29, 0.717) is 7.25 Å². The molecule has 12 rings (SSSR count). The normalized spacial score (nSPS) is 25.2. The molecule has 0 radical (unpaired) electrons. The van der Waals surface area contributed by atoms with Gasteiger partial charge in [0, 0.05) is 0 Å². The quantitative estimate of drug-likeness (QED) is 0.157. The first-order chi connectivity index (χ1) is 27.3. The van der Waals surface area contributed by atoms with Gasteiger partial charge in [-0.1, -0.05) is 0 Å². The molecule has 0 amide bonds. The van der Waals surface area contributed by atoms with Gasteiger partial charge in [0.05, 0.1) is 0 Å². The molecule has 0 bridgehead atoms. The van der Waals surface area contributed by atoms with Crippen molar-refractivity contribution >= 4 is 33.7 Å². The predicted octanol–water partition coefficient (Wildman–Crippen LogP) is 9.61. The van der Waals surface area contributed by atoms with Gasteiger partial charge in [0.2, 0.25) is 0 Å². The van der Waals surface area contributed by atoms with Gasteiger partial charge in [-0.25, -0.2) is 0 Å². The van der Waals surface area contributed by atoms with E-state index in [-0.39, 0.29) is 24.8 Å². The number of halogens is 2. The molecule has 4 fully saturated rings. The summed E-state index contributed by atoms with van der Waals surface area (Å²) in [5.74, 6) is 1.52. The van der Waals surface area contributed by atoms with Gasteiger partial charge in [-0.05, 0) is 0 Å². The third-order valence-corrected chi connectivity index (χ3v) is 32.8. The SMILES string of the molecule is C1=C(C2CCCC2)[CH]([Zr+2]2([CH]3C(C4CCCC4)=Cc4c(-c5cccc6ccccc56)cccc43)[CH]3CCCC[CH]32)c2cccc(-c3cccc4ccccc34)c21.[Cl-].[Cl-]. The summed E-state index contributed by atoms with van der Waals surface area (Å²) in [6, 6.07) is 47.4. The Morgan fingerprint density at radius 3 is 1.19 bits per heavy atom. The summed E-state index contributed by atoms with van der Waals surface area (Å²) in [6.45, 7) is 0. The minimum Gasteiger partial charge on any atom is -1.00 e. The number of hydrogen-bond acceptors (Lipinski definition) is 0. The second kappa shape index (κ2) is 15.1. The molecule has 6 aliphatic rings. The molecular formula is C54H52Cl2Zr. The van der Waals surface area contributed by atoms with E-state index in [4.69, 9.17) is 0 Å². The fraction of sp³-hybridized carbons (Fsp3) is 0.333. The van der Waals surface area contributed by atoms with Crippen molar-refractivity contribution in [2.75, 3.05) is 0 Å². The third-order valence-electron chi connectivity index (χ3n) is 15.9. The second-order valence-electron chi connectivity index (χ2n) is 18.3. The molecule has 3 heteroatoms. The van der Waals surface area contributed by atoms with E-state index >= 15 is 0 Å². The van der Waals surface area contributed by atoms with Crippen LogP contribution in [0.1, 0.15) is 107 Å². The fourth-order valence-electron chi connectivity index (χ4n) is 13.8. The first-order valence-electron chi connectivity index (χ1n) is 22.0. The molecule has 3 saturated carbocycles. The smallest absolute Gasteiger partial charge is 1.00 e. The number of rotatable bonds is 6. The number of fused-ring (bicyclic) bond motifs is 5. The van der Waals surface area contributed by atoms with Crippen LogP contribution in [0.4, 0.5) is 0 Å². The summed E-state index contributed by atoms with van der Waals surface area (Å²) in [5, 5.41) is 5.50. The molecule has 57 heavy (non-hydrogen) atoms. The molecule has 1 aliphatic heterocycles. The van der Waals surface area contributed by atoms with Crippen molar-refractivity contribution in [2.45, 2.75) is 91.6 Å². The Kier molecular flexibility index (Phi) is 10.1. The van der Waals surface area contributed by atoms with Crippen LogP contribution in [0.2, 0.25) is 7.25 Å². The van der Waals surface area contributed by atoms with E-state index in [1.54, 1.807) is 22.3 Å². The Hall–Kier alpha value is -3.22. The molecule has 0 nitrogen and oxygen atoms in total. The van der Waals surface area contributed by atoms with E-state index in [1.807, 2.05) is 11.1 Å². The Bertz CT molecular complexity index is 2380. The van der Waals surface area contributed by atoms with Gasteiger partial charge in [-0.2, -0.15) is 0 Å². The number of allylic oxidation sites excluding steroid dienone is 2. The van der Waals surface area contributed by atoms with Crippen LogP contribution in [-0.2, 0) is 20.3 Å². The van der Waals surface area contributed by atoms with E-state index in [9.17, 15) is 0 Å². The summed E-state index contributed by atoms with van der Waals surface area (Å²) in [6.07, 6.45) is 22.8. The van der Waals surface area contributed by atoms with Crippen LogP contribution in [0, 0.1) is 11.8 Å². The summed E-state index contributed by atoms with van der Waals surface area (Å²) < 4.78 is 3.42. The molecule has 5 aliphatic carbocycles. The average Bonchev–Trinajstić information content (AvgIpc) is 3.92. The Morgan fingerprint density at radius 2 is 0.737 bits per heavy atom. The van der Waals surface area contributed by atoms with Crippen molar-refractivity contribution in [3.63, 3.8) is 0 Å². The summed E-state index contributed by atoms with van der Waals surface area (Å²) >= 11 is -3.21. The summed E-state index contributed by atoms with van der Waals surface area (Å²) in [7, 11) is 0. The molecule has 6 aromatic rings. The molecule has 6 aromatic carbocycles. The van der Waals surface area contributed by atoms with Gasteiger partial charge in [0.25, 0.3) is 0 Å². The van der Waals surface area contributed by atoms with Crippen LogP contribution in [-0.4, -0.2) is 0 Å². The molecule has 1 heterocycles. The maximum absolute atomic E-state index is 3.21. The van der Waals surface area contributed by atoms with Gasteiger partial charge in [-0.15, -0.1) is 0 Å². The van der Waals surface area contributed by atoms with Crippen molar-refractivity contribution in [1.82, 2.24) is 0 Å². The zero-order valence-electron chi connectivity index (χ0n) is 32.9. The Morgan fingerprint density at radius 1 is 0.368 bits per heavy atom. The largest absolute Gasteiger partial charge is 1.00 e. The minimum atomic E-state index is -3.21. The van der Waals surface area contributed by atoms with Crippen LogP contribution in [0.5, 0.6) is 0 Å². The summed E-state index contributed by atoms with van der Waals surface area (Å²) in [4.78, 5) is 0. The standard InChI is InChI=1S/2C24H21.C6H10.2ClH.Zr/c2*1-2-8-17(7-1)20-15-19-11-6-14-23(24(19)16-20)22-13-5-10-18-9-3-4-12-21(18)22;1-2-4-6-5-3-1;;;/h2*3-6,9-17H,1-2,7-8H2;1-2H,3-6H2;2*1H;/q;;;;;+2/p-2. The monoisotopic (exact) mass is 860 g/mol. The molecule has 0 spiro atoms. The Labute approximate surface area is 356 Å². The maximum Gasteiger partial charge on any atom is -1.00 e. The summed E-state index contributed by atoms with van der Waals surface area (Å²) in [5.41, 5.74) is 16.3. The van der Waals surface area contributed by atoms with E-state index < -0.39 is 20.3 Å². The average molecular weight is 863 g/mol. The fourth-order valence-corrected chi connectivity index (χ4v) is 37.1. The van der Waals surface area contributed by atoms with Gasteiger partial charge < -0.3 is 24.8 Å². The zero-order chi connectivity index (χ0) is 36.1. The van der Waals surface area contributed by atoms with Crippen LogP contribution < -0.4 is 24.8 Å². The molecular weight excluding hydrogens is 811 g/mol. The first kappa shape index (κ1) is 38.0. The maximum atomic E-state index is 2.84. The predicted molar refractivity (Wildman–Crippen MR) is 230 cm³/mol. The van der Waals surface area contributed by atoms with Crippen molar-refractivity contribution < 1.29 is 45.1 Å². The molecule has 286 valence electrons. The van der Waals surface area contributed by atoms with Crippen LogP contribution >= 0.6 is 0 Å². The topological polar surface area (TPSA) is 0 Å². The number of hydrogen-bond donors (Lipinski definition) is 0. The van der Waals surface area contributed by atoms with Gasteiger partial charge in [0.1, 0.15) is 0 Å². The second-order valence-corrected chi connectivity index (χ2v) is 29.7. The Balaban J connectivity index is 0.00000198.